The largest absolute Gasteiger partial charge is 0.490 e. The molecule has 29 heavy (non-hydrogen) atoms. The molecule has 2 N–H and O–H groups in total. The molecule has 0 aromatic heterocycles. The lowest BCUT2D eigenvalue weighted by atomic mass is 10.0. The number of thioether (sulfide) groups is 1. The second-order valence-corrected chi connectivity index (χ2v) is 7.74. The van der Waals surface area contributed by atoms with Crippen molar-refractivity contribution in [2.75, 3.05) is 26.0 Å². The predicted molar refractivity (Wildman–Crippen MR) is 112 cm³/mol. The SMILES string of the molecule is CCOC(=O)NC(CNC(=O)CSCc1ccc(OC)c([N+](=O)[O-])c1)CC(C)C. The van der Waals surface area contributed by atoms with Gasteiger partial charge in [-0.2, -0.15) is 0 Å². The highest BCUT2D eigenvalue weighted by Crippen LogP contribution is 2.28. The second kappa shape index (κ2) is 12.9. The average Bonchev–Trinajstić information content (AvgIpc) is 2.65. The van der Waals surface area contributed by atoms with Crippen LogP contribution in [0.4, 0.5) is 10.5 Å². The third-order valence-corrected chi connectivity index (χ3v) is 4.84. The summed E-state index contributed by atoms with van der Waals surface area (Å²) in [4.78, 5) is 34.3. The number of nitro groups is 1. The summed E-state index contributed by atoms with van der Waals surface area (Å²) in [5.74, 6) is 1.03. The first-order valence-electron chi connectivity index (χ1n) is 9.35. The maximum absolute atomic E-state index is 12.1. The number of hydrogen-bond donors (Lipinski definition) is 2. The van der Waals surface area contributed by atoms with Gasteiger partial charge in [-0.05, 0) is 30.9 Å². The topological polar surface area (TPSA) is 120 Å². The van der Waals surface area contributed by atoms with E-state index in [1.165, 1.54) is 24.9 Å². The Labute approximate surface area is 175 Å². The highest BCUT2D eigenvalue weighted by molar-refractivity contribution is 7.99. The lowest BCUT2D eigenvalue weighted by Gasteiger charge is -2.20. The first-order chi connectivity index (χ1) is 13.8. The van der Waals surface area contributed by atoms with Crippen molar-refractivity contribution in [2.45, 2.75) is 39.0 Å². The Morgan fingerprint density at radius 1 is 1.31 bits per heavy atom. The van der Waals surface area contributed by atoms with Gasteiger partial charge in [0.25, 0.3) is 0 Å². The minimum Gasteiger partial charge on any atom is -0.490 e. The lowest BCUT2D eigenvalue weighted by Crippen LogP contribution is -2.45. The molecule has 162 valence electrons. The van der Waals surface area contributed by atoms with Gasteiger partial charge in [0.05, 0.1) is 24.4 Å². The van der Waals surface area contributed by atoms with Gasteiger partial charge >= 0.3 is 11.8 Å². The summed E-state index contributed by atoms with van der Waals surface area (Å²) in [5.41, 5.74) is 0.633. The van der Waals surface area contributed by atoms with Crippen LogP contribution >= 0.6 is 11.8 Å². The minimum atomic E-state index is -0.497. The molecule has 1 aromatic carbocycles. The fraction of sp³-hybridized carbons (Fsp3) is 0.579. The Morgan fingerprint density at radius 3 is 2.62 bits per heavy atom. The monoisotopic (exact) mass is 427 g/mol. The normalized spacial score (nSPS) is 11.6. The van der Waals surface area contributed by atoms with Gasteiger partial charge in [-0.1, -0.05) is 19.9 Å². The molecular weight excluding hydrogens is 398 g/mol. The summed E-state index contributed by atoms with van der Waals surface area (Å²) < 4.78 is 9.87. The molecule has 0 heterocycles. The van der Waals surface area contributed by atoms with Gasteiger partial charge in [-0.25, -0.2) is 4.79 Å². The third kappa shape index (κ3) is 9.51. The maximum atomic E-state index is 12.1. The van der Waals surface area contributed by atoms with Crippen LogP contribution in [0.5, 0.6) is 5.75 Å². The van der Waals surface area contributed by atoms with Crippen LogP contribution in [0.15, 0.2) is 18.2 Å². The quantitative estimate of drug-likeness (QED) is 0.388. The number of nitrogens with zero attached hydrogens (tertiary/aromatic N) is 1. The van der Waals surface area contributed by atoms with E-state index in [0.717, 1.165) is 5.56 Å². The average molecular weight is 428 g/mol. The van der Waals surface area contributed by atoms with Gasteiger partial charge in [0.15, 0.2) is 5.75 Å². The van der Waals surface area contributed by atoms with E-state index in [0.29, 0.717) is 24.6 Å². The second-order valence-electron chi connectivity index (χ2n) is 6.75. The molecule has 0 aliphatic carbocycles. The molecule has 0 radical (unpaired) electrons. The molecule has 0 bridgehead atoms. The number of alkyl carbamates (subject to hydrolysis) is 1. The molecule has 0 fully saturated rings. The molecule has 1 rings (SSSR count). The van der Waals surface area contributed by atoms with Crippen LogP contribution in [0, 0.1) is 16.0 Å². The molecule has 1 unspecified atom stereocenters. The van der Waals surface area contributed by atoms with Gasteiger partial charge < -0.3 is 20.1 Å². The summed E-state index contributed by atoms with van der Waals surface area (Å²) in [7, 11) is 1.38. The number of carbonyl (C=O) groups excluding carboxylic acids is 2. The third-order valence-electron chi connectivity index (χ3n) is 3.84. The van der Waals surface area contributed by atoms with Crippen LogP contribution in [0.25, 0.3) is 0 Å². The molecule has 1 atom stereocenters. The zero-order valence-electron chi connectivity index (χ0n) is 17.2. The molecule has 2 amide bonds. The van der Waals surface area contributed by atoms with Crippen molar-refractivity contribution in [2.24, 2.45) is 5.92 Å². The number of methoxy groups -OCH3 is 1. The highest BCUT2D eigenvalue weighted by Gasteiger charge is 2.17. The Hall–Kier alpha value is -2.49. The number of benzene rings is 1. The maximum Gasteiger partial charge on any atom is 0.407 e. The Bertz CT molecular complexity index is 699. The number of rotatable bonds is 12. The molecule has 0 aliphatic heterocycles. The Kier molecular flexibility index (Phi) is 10.9. The Balaban J connectivity index is 2.48. The standard InChI is InChI=1S/C19H29N3O6S/c1-5-28-19(24)21-15(8-13(2)3)10-20-18(23)12-29-11-14-6-7-17(27-4)16(9-14)22(25)26/h6-7,9,13,15H,5,8,10-12H2,1-4H3,(H,20,23)(H,21,24). The summed E-state index contributed by atoms with van der Waals surface area (Å²) in [6, 6.07) is 4.52. The fourth-order valence-corrected chi connectivity index (χ4v) is 3.42. The summed E-state index contributed by atoms with van der Waals surface area (Å²) in [6.07, 6.45) is 0.213. The number of nitrogens with one attached hydrogen (secondary N) is 2. The molecule has 9 nitrogen and oxygen atoms in total. The minimum absolute atomic E-state index is 0.100. The van der Waals surface area contributed by atoms with Gasteiger partial charge in [0.2, 0.25) is 5.91 Å². The zero-order chi connectivity index (χ0) is 21.8. The zero-order valence-corrected chi connectivity index (χ0v) is 18.0. The van der Waals surface area contributed by atoms with Crippen molar-refractivity contribution >= 4 is 29.4 Å². The van der Waals surface area contributed by atoms with Crippen LogP contribution < -0.4 is 15.4 Å². The predicted octanol–water partition coefficient (Wildman–Crippen LogP) is 3.11. The van der Waals surface area contributed by atoms with Crippen molar-refractivity contribution in [1.82, 2.24) is 10.6 Å². The van der Waals surface area contributed by atoms with E-state index in [1.54, 1.807) is 19.1 Å². The van der Waals surface area contributed by atoms with Crippen LogP contribution in [0.2, 0.25) is 0 Å². The van der Waals surface area contributed by atoms with Crippen LogP contribution in [-0.2, 0) is 15.3 Å². The van der Waals surface area contributed by atoms with E-state index in [2.05, 4.69) is 10.6 Å². The van der Waals surface area contributed by atoms with Crippen molar-refractivity contribution in [3.8, 4) is 5.75 Å². The van der Waals surface area contributed by atoms with Crippen LogP contribution in [-0.4, -0.2) is 49.0 Å². The number of hydrogen-bond acceptors (Lipinski definition) is 7. The Morgan fingerprint density at radius 2 is 2.03 bits per heavy atom. The first kappa shape index (κ1) is 24.5. The van der Waals surface area contributed by atoms with Crippen LogP contribution in [0.1, 0.15) is 32.8 Å². The summed E-state index contributed by atoms with van der Waals surface area (Å²) >= 11 is 1.35. The molecular formula is C19H29N3O6S. The van der Waals surface area contributed by atoms with Crippen LogP contribution in [0.3, 0.4) is 0 Å². The van der Waals surface area contributed by atoms with E-state index >= 15 is 0 Å². The molecule has 0 saturated carbocycles. The first-order valence-corrected chi connectivity index (χ1v) is 10.5. The van der Waals surface area contributed by atoms with Gasteiger partial charge in [-0.3, -0.25) is 14.9 Å². The molecule has 10 heteroatoms. The van der Waals surface area contributed by atoms with E-state index in [4.69, 9.17) is 9.47 Å². The fourth-order valence-electron chi connectivity index (χ4n) is 2.62. The van der Waals surface area contributed by atoms with E-state index in [9.17, 15) is 19.7 Å². The summed E-state index contributed by atoms with van der Waals surface area (Å²) in [6.45, 7) is 6.39. The van der Waals surface area contributed by atoms with E-state index in [1.807, 2.05) is 13.8 Å². The smallest absolute Gasteiger partial charge is 0.407 e. The number of ether oxygens (including phenoxy) is 2. The molecule has 1 aromatic rings. The number of amides is 2. The number of nitro benzene ring substituents is 1. The summed E-state index contributed by atoms with van der Waals surface area (Å²) in [5, 5.41) is 16.6. The molecule has 0 aliphatic rings. The van der Waals surface area contributed by atoms with Crippen molar-refractivity contribution in [1.29, 1.82) is 0 Å². The lowest BCUT2D eigenvalue weighted by molar-refractivity contribution is -0.385. The van der Waals surface area contributed by atoms with Gasteiger partial charge in [-0.15, -0.1) is 11.8 Å². The van der Waals surface area contributed by atoms with Gasteiger partial charge in [0.1, 0.15) is 0 Å². The van der Waals surface area contributed by atoms with Gasteiger partial charge in [0, 0.05) is 24.4 Å². The van der Waals surface area contributed by atoms with E-state index in [-0.39, 0.29) is 35.7 Å². The molecule has 0 saturated heterocycles. The highest BCUT2D eigenvalue weighted by atomic mass is 32.2. The number of carbonyl (C=O) groups is 2. The van der Waals surface area contributed by atoms with Crippen molar-refractivity contribution < 1.29 is 24.0 Å². The molecule has 0 spiro atoms. The van der Waals surface area contributed by atoms with Crippen molar-refractivity contribution in [3.05, 3.63) is 33.9 Å². The van der Waals surface area contributed by atoms with Crippen molar-refractivity contribution in [3.63, 3.8) is 0 Å². The van der Waals surface area contributed by atoms with E-state index < -0.39 is 11.0 Å².